The topological polar surface area (TPSA) is 66.3 Å². The fraction of sp³-hybridized carbons (Fsp3) is 0.214. The van der Waals surface area contributed by atoms with Crippen molar-refractivity contribution in [3.63, 3.8) is 0 Å². The summed E-state index contributed by atoms with van der Waals surface area (Å²) in [6.07, 6.45) is 6.72. The molecule has 0 unspecified atom stereocenters. The second-order valence-electron chi connectivity index (χ2n) is 4.24. The number of hydrogen-bond donors (Lipinski definition) is 1. The zero-order valence-corrected chi connectivity index (χ0v) is 11.9. The summed E-state index contributed by atoms with van der Waals surface area (Å²) in [4.78, 5) is 22.2. The van der Waals surface area contributed by atoms with Crippen LogP contribution in [0.2, 0.25) is 0 Å². The van der Waals surface area contributed by atoms with Crippen LogP contribution in [0.3, 0.4) is 0 Å². The maximum atomic E-state index is 10.4. The lowest BCUT2D eigenvalue weighted by molar-refractivity contribution is -0.131. The Morgan fingerprint density at radius 3 is 2.80 bits per heavy atom. The standard InChI is InChI=1S/C14H15N3O2S/c1-17(7-6-12-3-2-8-20-12)14-15-9-11(10-16-14)4-5-13(18)19/h2-5,8-10H,6-7H2,1H3,(H,18,19)/b5-4+. The van der Waals surface area contributed by atoms with Crippen LogP contribution in [-0.2, 0) is 11.2 Å². The van der Waals surface area contributed by atoms with E-state index in [-0.39, 0.29) is 0 Å². The van der Waals surface area contributed by atoms with Gasteiger partial charge in [0.05, 0.1) is 0 Å². The van der Waals surface area contributed by atoms with Crippen LogP contribution in [-0.4, -0.2) is 34.6 Å². The summed E-state index contributed by atoms with van der Waals surface area (Å²) in [6, 6.07) is 4.15. The summed E-state index contributed by atoms with van der Waals surface area (Å²) in [7, 11) is 1.94. The smallest absolute Gasteiger partial charge is 0.328 e. The molecule has 0 aliphatic carbocycles. The first-order chi connectivity index (χ1) is 9.65. The van der Waals surface area contributed by atoms with E-state index in [9.17, 15) is 4.79 Å². The fourth-order valence-corrected chi connectivity index (χ4v) is 2.31. The second-order valence-corrected chi connectivity index (χ2v) is 5.27. The van der Waals surface area contributed by atoms with E-state index < -0.39 is 5.97 Å². The summed E-state index contributed by atoms with van der Waals surface area (Å²) < 4.78 is 0. The van der Waals surface area contributed by atoms with Gasteiger partial charge >= 0.3 is 5.97 Å². The Balaban J connectivity index is 1.93. The first-order valence-corrected chi connectivity index (χ1v) is 6.99. The van der Waals surface area contributed by atoms with E-state index >= 15 is 0 Å². The molecule has 1 N–H and O–H groups in total. The molecule has 2 aromatic heterocycles. The number of thiophene rings is 1. The van der Waals surface area contributed by atoms with Gasteiger partial charge in [0, 0.05) is 42.5 Å². The Kier molecular flexibility index (Phi) is 4.84. The Bertz CT molecular complexity index is 579. The van der Waals surface area contributed by atoms with Crippen LogP contribution in [0.5, 0.6) is 0 Å². The molecule has 104 valence electrons. The van der Waals surface area contributed by atoms with Crippen molar-refractivity contribution < 1.29 is 9.90 Å². The molecular formula is C14H15N3O2S. The van der Waals surface area contributed by atoms with Crippen molar-refractivity contribution in [2.75, 3.05) is 18.5 Å². The predicted molar refractivity (Wildman–Crippen MR) is 80.0 cm³/mol. The SMILES string of the molecule is CN(CCc1cccs1)c1ncc(/C=C/C(=O)O)cn1. The highest BCUT2D eigenvalue weighted by atomic mass is 32.1. The molecule has 0 aliphatic rings. The molecule has 0 spiro atoms. The van der Waals surface area contributed by atoms with Gasteiger partial charge in [-0.3, -0.25) is 0 Å². The average Bonchev–Trinajstić information content (AvgIpc) is 2.96. The minimum absolute atomic E-state index is 0.633. The zero-order valence-electron chi connectivity index (χ0n) is 11.1. The minimum atomic E-state index is -0.984. The Morgan fingerprint density at radius 2 is 2.20 bits per heavy atom. The first-order valence-electron chi connectivity index (χ1n) is 6.12. The van der Waals surface area contributed by atoms with Crippen LogP contribution in [0.1, 0.15) is 10.4 Å². The number of rotatable bonds is 6. The molecule has 2 rings (SSSR count). The van der Waals surface area contributed by atoms with Crippen molar-refractivity contribution in [2.24, 2.45) is 0 Å². The third-order valence-corrected chi connectivity index (χ3v) is 3.63. The monoisotopic (exact) mass is 289 g/mol. The van der Waals surface area contributed by atoms with Gasteiger partial charge in [0.25, 0.3) is 0 Å². The Hall–Kier alpha value is -2.21. The summed E-state index contributed by atoms with van der Waals surface area (Å²) in [5.74, 6) is -0.351. The molecule has 0 fully saturated rings. The number of carbonyl (C=O) groups is 1. The summed E-state index contributed by atoms with van der Waals surface area (Å²) in [5, 5.41) is 10.6. The number of carboxylic acids is 1. The Labute approximate surface area is 121 Å². The number of likely N-dealkylation sites (N-methyl/N-ethyl adjacent to an activating group) is 1. The molecule has 6 heteroatoms. The molecule has 0 atom stereocenters. The van der Waals surface area contributed by atoms with Crippen LogP contribution in [0.25, 0.3) is 6.08 Å². The van der Waals surface area contributed by atoms with Crippen molar-refractivity contribution >= 4 is 29.3 Å². The summed E-state index contributed by atoms with van der Waals surface area (Å²) in [5.41, 5.74) is 0.669. The lowest BCUT2D eigenvalue weighted by Crippen LogP contribution is -2.22. The number of hydrogen-bond acceptors (Lipinski definition) is 5. The van der Waals surface area contributed by atoms with Crippen LogP contribution in [0.15, 0.2) is 36.0 Å². The first kappa shape index (κ1) is 14.2. The molecule has 0 bridgehead atoms. The van der Waals surface area contributed by atoms with E-state index in [4.69, 9.17) is 5.11 Å². The summed E-state index contributed by atoms with van der Waals surface area (Å²) in [6.45, 7) is 0.838. The van der Waals surface area contributed by atoms with Gasteiger partial charge in [-0.15, -0.1) is 11.3 Å². The van der Waals surface area contributed by atoms with Gasteiger partial charge in [0.15, 0.2) is 0 Å². The molecule has 0 saturated heterocycles. The number of aliphatic carboxylic acids is 1. The van der Waals surface area contributed by atoms with E-state index in [0.29, 0.717) is 11.5 Å². The van der Waals surface area contributed by atoms with Gasteiger partial charge in [-0.1, -0.05) is 6.07 Å². The molecule has 0 saturated carbocycles. The maximum absolute atomic E-state index is 10.4. The number of aromatic nitrogens is 2. The lowest BCUT2D eigenvalue weighted by atomic mass is 10.3. The third kappa shape index (κ3) is 4.17. The maximum Gasteiger partial charge on any atom is 0.328 e. The van der Waals surface area contributed by atoms with Gasteiger partial charge in [0.2, 0.25) is 5.95 Å². The van der Waals surface area contributed by atoms with Crippen LogP contribution in [0.4, 0.5) is 5.95 Å². The molecular weight excluding hydrogens is 274 g/mol. The molecule has 2 heterocycles. The van der Waals surface area contributed by atoms with Crippen molar-refractivity contribution in [1.82, 2.24) is 9.97 Å². The van der Waals surface area contributed by atoms with Gasteiger partial charge in [-0.2, -0.15) is 0 Å². The molecule has 5 nitrogen and oxygen atoms in total. The number of nitrogens with zero attached hydrogens (tertiary/aromatic N) is 3. The minimum Gasteiger partial charge on any atom is -0.478 e. The molecule has 20 heavy (non-hydrogen) atoms. The molecule has 0 aromatic carbocycles. The van der Waals surface area contributed by atoms with Crippen molar-refractivity contribution in [2.45, 2.75) is 6.42 Å². The normalized spacial score (nSPS) is 10.8. The van der Waals surface area contributed by atoms with E-state index in [2.05, 4.69) is 21.4 Å². The molecule has 0 radical (unpaired) electrons. The Morgan fingerprint density at radius 1 is 1.45 bits per heavy atom. The van der Waals surface area contributed by atoms with E-state index in [1.807, 2.05) is 18.0 Å². The van der Waals surface area contributed by atoms with Gasteiger partial charge in [-0.25, -0.2) is 14.8 Å². The van der Waals surface area contributed by atoms with Crippen molar-refractivity contribution in [1.29, 1.82) is 0 Å². The van der Waals surface area contributed by atoms with Crippen LogP contribution >= 0.6 is 11.3 Å². The van der Waals surface area contributed by atoms with Crippen molar-refractivity contribution in [3.8, 4) is 0 Å². The summed E-state index contributed by atoms with van der Waals surface area (Å²) >= 11 is 1.74. The van der Waals surface area contributed by atoms with E-state index in [0.717, 1.165) is 19.0 Å². The predicted octanol–water partition coefficient (Wildman–Crippen LogP) is 2.31. The van der Waals surface area contributed by atoms with Crippen LogP contribution in [0, 0.1) is 0 Å². The van der Waals surface area contributed by atoms with Gasteiger partial charge in [0.1, 0.15) is 0 Å². The van der Waals surface area contributed by atoms with E-state index in [1.165, 1.54) is 11.0 Å². The van der Waals surface area contributed by atoms with Gasteiger partial charge < -0.3 is 10.0 Å². The largest absolute Gasteiger partial charge is 0.478 e. The lowest BCUT2D eigenvalue weighted by Gasteiger charge is -2.16. The number of carboxylic acid groups (broad SMARTS) is 1. The quantitative estimate of drug-likeness (QED) is 0.827. The van der Waals surface area contributed by atoms with E-state index in [1.54, 1.807) is 23.7 Å². The second kappa shape index (κ2) is 6.81. The highest BCUT2D eigenvalue weighted by Gasteiger charge is 2.04. The number of anilines is 1. The molecule has 2 aromatic rings. The molecule has 0 aliphatic heterocycles. The highest BCUT2D eigenvalue weighted by molar-refractivity contribution is 7.09. The molecule has 0 amide bonds. The highest BCUT2D eigenvalue weighted by Crippen LogP contribution is 2.11. The van der Waals surface area contributed by atoms with Gasteiger partial charge in [-0.05, 0) is 23.9 Å². The zero-order chi connectivity index (χ0) is 14.4. The average molecular weight is 289 g/mol. The fourth-order valence-electron chi connectivity index (χ4n) is 1.61. The van der Waals surface area contributed by atoms with Crippen LogP contribution < -0.4 is 4.90 Å². The third-order valence-electron chi connectivity index (χ3n) is 2.69. The van der Waals surface area contributed by atoms with Crippen molar-refractivity contribution in [3.05, 3.63) is 46.4 Å².